The van der Waals surface area contributed by atoms with Crippen molar-refractivity contribution >= 4 is 12.8 Å². The third kappa shape index (κ3) is 2.31. The largest absolute Gasteiger partial charge is 0.383 e. The van der Waals surface area contributed by atoms with Crippen LogP contribution in [0.4, 0.5) is 0 Å². The molecule has 0 aliphatic rings. The molecule has 0 atom stereocenters. The molecule has 0 saturated carbocycles. The molecule has 0 spiro atoms. The molecule has 2 nitrogen and oxygen atoms in total. The normalized spacial score (nSPS) is 11.8. The first-order valence-electron chi connectivity index (χ1n) is 4.32. The highest BCUT2D eigenvalue weighted by atomic mass is 15.0. The third-order valence-electron chi connectivity index (χ3n) is 1.86. The monoisotopic (exact) mass is 176 g/mol. The van der Waals surface area contributed by atoms with Gasteiger partial charge in [-0.15, -0.1) is 0 Å². The summed E-state index contributed by atoms with van der Waals surface area (Å²) < 4.78 is 0. The molecule has 1 aromatic rings. The number of rotatable bonds is 1. The summed E-state index contributed by atoms with van der Waals surface area (Å²) in [5.41, 5.74) is 2.25. The first-order chi connectivity index (χ1) is 6.00. The molecule has 70 valence electrons. The smallest absolute Gasteiger partial charge is 0.0650 e. The molecule has 0 amide bonds. The van der Waals surface area contributed by atoms with Gasteiger partial charge in [0.05, 0.1) is 5.35 Å². The number of aryl methyl sites for hydroxylation is 2. The van der Waals surface area contributed by atoms with Crippen LogP contribution < -0.4 is 10.6 Å². The second kappa shape index (κ2) is 3.60. The molecule has 0 aromatic carbocycles. The Labute approximate surface area is 79.2 Å². The van der Waals surface area contributed by atoms with Gasteiger partial charge in [0.15, 0.2) is 0 Å². The Balaban J connectivity index is 3.47. The maximum absolute atomic E-state index is 4.32. The predicted octanol–water partition coefficient (Wildman–Crippen LogP) is 0.408. The van der Waals surface area contributed by atoms with Crippen molar-refractivity contribution in [2.45, 2.75) is 13.8 Å². The molecule has 0 bridgehead atoms. The SMILES string of the molecule is C=c1nc(C)cc(C)/c1=C/N(C)C. The van der Waals surface area contributed by atoms with E-state index in [2.05, 4.69) is 24.6 Å². The van der Waals surface area contributed by atoms with Gasteiger partial charge in [0.1, 0.15) is 0 Å². The fraction of sp³-hybridized carbons (Fsp3) is 0.364. The summed E-state index contributed by atoms with van der Waals surface area (Å²) in [6, 6.07) is 2.07. The molecule has 1 heterocycles. The molecular formula is C11H16N2. The van der Waals surface area contributed by atoms with Crippen LogP contribution in [0.3, 0.4) is 0 Å². The third-order valence-corrected chi connectivity index (χ3v) is 1.86. The Morgan fingerprint density at radius 1 is 1.38 bits per heavy atom. The average molecular weight is 176 g/mol. The van der Waals surface area contributed by atoms with E-state index in [9.17, 15) is 0 Å². The van der Waals surface area contributed by atoms with Gasteiger partial charge in [-0.25, -0.2) is 0 Å². The van der Waals surface area contributed by atoms with Crippen molar-refractivity contribution in [3.63, 3.8) is 0 Å². The fourth-order valence-corrected chi connectivity index (χ4v) is 1.36. The van der Waals surface area contributed by atoms with Crippen LogP contribution in [0.2, 0.25) is 0 Å². The summed E-state index contributed by atoms with van der Waals surface area (Å²) in [5.74, 6) is 0. The lowest BCUT2D eigenvalue weighted by Gasteiger charge is -2.05. The Morgan fingerprint density at radius 2 is 2.00 bits per heavy atom. The Kier molecular flexibility index (Phi) is 2.71. The van der Waals surface area contributed by atoms with Gasteiger partial charge in [0.25, 0.3) is 0 Å². The Morgan fingerprint density at radius 3 is 2.46 bits per heavy atom. The highest BCUT2D eigenvalue weighted by Gasteiger charge is 1.93. The molecule has 2 heteroatoms. The standard InChI is InChI=1S/C11H16N2/c1-8-6-9(2)12-10(3)11(8)7-13(4)5/h6-7H,3H2,1-2,4-5H3/b11-7-. The summed E-state index contributed by atoms with van der Waals surface area (Å²) in [6.07, 6.45) is 2.05. The minimum Gasteiger partial charge on any atom is -0.383 e. The molecule has 0 radical (unpaired) electrons. The van der Waals surface area contributed by atoms with Gasteiger partial charge in [0.2, 0.25) is 0 Å². The van der Waals surface area contributed by atoms with Crippen molar-refractivity contribution in [3.05, 3.63) is 27.9 Å². The van der Waals surface area contributed by atoms with Gasteiger partial charge in [-0.2, -0.15) is 0 Å². The van der Waals surface area contributed by atoms with E-state index in [-0.39, 0.29) is 0 Å². The lowest BCUT2D eigenvalue weighted by atomic mass is 10.2. The van der Waals surface area contributed by atoms with Crippen molar-refractivity contribution in [2.24, 2.45) is 0 Å². The van der Waals surface area contributed by atoms with Gasteiger partial charge >= 0.3 is 0 Å². The molecule has 1 rings (SSSR count). The fourth-order valence-electron chi connectivity index (χ4n) is 1.36. The first kappa shape index (κ1) is 9.78. The van der Waals surface area contributed by atoms with Crippen LogP contribution in [0.5, 0.6) is 0 Å². The van der Waals surface area contributed by atoms with Crippen LogP contribution in [-0.2, 0) is 0 Å². The zero-order chi connectivity index (χ0) is 10.0. The minimum atomic E-state index is 0.853. The molecule has 0 saturated heterocycles. The van der Waals surface area contributed by atoms with E-state index in [0.717, 1.165) is 16.3 Å². The van der Waals surface area contributed by atoms with Crippen molar-refractivity contribution in [1.29, 1.82) is 0 Å². The molecule has 13 heavy (non-hydrogen) atoms. The number of hydrogen-bond acceptors (Lipinski definition) is 2. The van der Waals surface area contributed by atoms with Crippen LogP contribution in [0, 0.1) is 13.8 Å². The van der Waals surface area contributed by atoms with Crippen molar-refractivity contribution < 1.29 is 0 Å². The highest BCUT2D eigenvalue weighted by molar-refractivity contribution is 5.29. The van der Waals surface area contributed by atoms with E-state index < -0.39 is 0 Å². The van der Waals surface area contributed by atoms with E-state index in [1.165, 1.54) is 5.56 Å². The molecule has 1 aromatic heterocycles. The zero-order valence-corrected chi connectivity index (χ0v) is 8.76. The van der Waals surface area contributed by atoms with Gasteiger partial charge in [-0.1, -0.05) is 6.58 Å². The number of nitrogens with zero attached hydrogens (tertiary/aromatic N) is 2. The lowest BCUT2D eigenvalue weighted by Crippen LogP contribution is -2.32. The Bertz CT molecular complexity index is 405. The maximum Gasteiger partial charge on any atom is 0.0650 e. The van der Waals surface area contributed by atoms with Gasteiger partial charge in [-0.05, 0) is 25.5 Å². The zero-order valence-electron chi connectivity index (χ0n) is 8.76. The molecule has 0 unspecified atom stereocenters. The van der Waals surface area contributed by atoms with Crippen molar-refractivity contribution in [2.75, 3.05) is 14.1 Å². The maximum atomic E-state index is 4.32. The number of pyridine rings is 1. The van der Waals surface area contributed by atoms with Crippen LogP contribution >= 0.6 is 0 Å². The van der Waals surface area contributed by atoms with E-state index in [1.54, 1.807) is 0 Å². The van der Waals surface area contributed by atoms with Crippen LogP contribution in [-0.4, -0.2) is 24.0 Å². The quantitative estimate of drug-likeness (QED) is 0.616. The molecule has 0 aliphatic carbocycles. The van der Waals surface area contributed by atoms with Gasteiger partial charge in [-0.3, -0.25) is 4.98 Å². The van der Waals surface area contributed by atoms with Crippen LogP contribution in [0.15, 0.2) is 6.07 Å². The van der Waals surface area contributed by atoms with Crippen molar-refractivity contribution in [1.82, 2.24) is 9.88 Å². The van der Waals surface area contributed by atoms with E-state index >= 15 is 0 Å². The lowest BCUT2D eigenvalue weighted by molar-refractivity contribution is 0.613. The predicted molar refractivity (Wildman–Crippen MR) is 56.6 cm³/mol. The second-order valence-electron chi connectivity index (χ2n) is 3.53. The summed E-state index contributed by atoms with van der Waals surface area (Å²) in [6.45, 7) is 8.00. The van der Waals surface area contributed by atoms with Crippen LogP contribution in [0.1, 0.15) is 11.3 Å². The number of aromatic nitrogens is 1. The number of hydrogen-bond donors (Lipinski definition) is 0. The summed E-state index contributed by atoms with van der Waals surface area (Å²) >= 11 is 0. The summed E-state index contributed by atoms with van der Waals surface area (Å²) in [4.78, 5) is 6.33. The van der Waals surface area contributed by atoms with Crippen LogP contribution in [0.25, 0.3) is 12.8 Å². The van der Waals surface area contributed by atoms with Crippen molar-refractivity contribution in [3.8, 4) is 0 Å². The molecule has 0 aliphatic heterocycles. The summed E-state index contributed by atoms with van der Waals surface area (Å²) in [5, 5.41) is 1.97. The first-order valence-corrected chi connectivity index (χ1v) is 4.32. The molecular weight excluding hydrogens is 160 g/mol. The molecule has 0 N–H and O–H groups in total. The topological polar surface area (TPSA) is 16.1 Å². The second-order valence-corrected chi connectivity index (χ2v) is 3.53. The van der Waals surface area contributed by atoms with Gasteiger partial charge < -0.3 is 4.90 Å². The van der Waals surface area contributed by atoms with E-state index in [1.807, 2.05) is 32.1 Å². The minimum absolute atomic E-state index is 0.853. The Hall–Kier alpha value is -1.31. The van der Waals surface area contributed by atoms with Gasteiger partial charge in [0, 0.05) is 31.2 Å². The van der Waals surface area contributed by atoms with E-state index in [0.29, 0.717) is 0 Å². The van der Waals surface area contributed by atoms with E-state index in [4.69, 9.17) is 0 Å². The molecule has 0 fully saturated rings. The summed E-state index contributed by atoms with van der Waals surface area (Å²) in [7, 11) is 4.00. The highest BCUT2D eigenvalue weighted by Crippen LogP contribution is 1.89. The average Bonchev–Trinajstić information content (AvgIpc) is 1.96.